The third kappa shape index (κ3) is 4.99. The van der Waals surface area contributed by atoms with E-state index in [0.717, 1.165) is 23.3 Å². The van der Waals surface area contributed by atoms with Crippen molar-refractivity contribution >= 4 is 5.91 Å². The topological polar surface area (TPSA) is 47.6 Å². The minimum atomic E-state index is -0.561. The van der Waals surface area contributed by atoms with Crippen molar-refractivity contribution in [3.63, 3.8) is 0 Å². The number of carbonyl (C=O) groups excluding carboxylic acids is 1. The van der Waals surface area contributed by atoms with Crippen LogP contribution in [0.25, 0.3) is 0 Å². The zero-order valence-corrected chi connectivity index (χ0v) is 15.6. The van der Waals surface area contributed by atoms with Crippen molar-refractivity contribution < 1.29 is 14.3 Å². The van der Waals surface area contributed by atoms with Crippen LogP contribution in [0.15, 0.2) is 42.5 Å². The van der Waals surface area contributed by atoms with Crippen molar-refractivity contribution in [1.29, 1.82) is 0 Å². The molecule has 0 aliphatic heterocycles. The molecule has 2 atom stereocenters. The molecule has 25 heavy (non-hydrogen) atoms. The van der Waals surface area contributed by atoms with Crippen molar-refractivity contribution in [2.75, 3.05) is 7.11 Å². The van der Waals surface area contributed by atoms with E-state index in [1.165, 1.54) is 5.56 Å². The van der Waals surface area contributed by atoms with Gasteiger partial charge in [0, 0.05) is 0 Å². The summed E-state index contributed by atoms with van der Waals surface area (Å²) in [5, 5.41) is 3.06. The smallest absolute Gasteiger partial charge is 0.261 e. The van der Waals surface area contributed by atoms with E-state index in [4.69, 9.17) is 9.47 Å². The molecule has 2 aromatic carbocycles. The molecule has 0 saturated heterocycles. The van der Waals surface area contributed by atoms with Crippen LogP contribution in [-0.2, 0) is 4.79 Å². The van der Waals surface area contributed by atoms with E-state index in [1.54, 1.807) is 14.0 Å². The highest BCUT2D eigenvalue weighted by molar-refractivity contribution is 5.81. The van der Waals surface area contributed by atoms with E-state index in [9.17, 15) is 4.79 Å². The van der Waals surface area contributed by atoms with Gasteiger partial charge in [0.15, 0.2) is 6.10 Å². The van der Waals surface area contributed by atoms with Gasteiger partial charge in [-0.15, -0.1) is 0 Å². The second-order valence-corrected chi connectivity index (χ2v) is 6.25. The minimum absolute atomic E-state index is 0.0517. The summed E-state index contributed by atoms with van der Waals surface area (Å²) in [4.78, 5) is 12.5. The highest BCUT2D eigenvalue weighted by atomic mass is 16.5. The number of aryl methyl sites for hydroxylation is 2. The van der Waals surface area contributed by atoms with Crippen LogP contribution in [0.3, 0.4) is 0 Å². The fraction of sp³-hybridized carbons (Fsp3) is 0.381. The molecule has 134 valence electrons. The molecular weight excluding hydrogens is 314 g/mol. The first-order valence-corrected chi connectivity index (χ1v) is 8.62. The van der Waals surface area contributed by atoms with Crippen LogP contribution in [0.1, 0.15) is 43.0 Å². The molecule has 0 aromatic heterocycles. The van der Waals surface area contributed by atoms with Gasteiger partial charge in [-0.1, -0.05) is 25.1 Å². The van der Waals surface area contributed by atoms with E-state index in [0.29, 0.717) is 5.75 Å². The summed E-state index contributed by atoms with van der Waals surface area (Å²) < 4.78 is 11.0. The maximum atomic E-state index is 12.5. The Morgan fingerprint density at radius 2 is 1.68 bits per heavy atom. The highest BCUT2D eigenvalue weighted by Gasteiger charge is 2.19. The Labute approximate surface area is 150 Å². The first-order valence-electron chi connectivity index (χ1n) is 8.62. The number of rotatable bonds is 7. The van der Waals surface area contributed by atoms with E-state index in [1.807, 2.05) is 56.3 Å². The second kappa shape index (κ2) is 8.56. The van der Waals surface area contributed by atoms with Gasteiger partial charge in [-0.3, -0.25) is 4.79 Å². The van der Waals surface area contributed by atoms with Crippen molar-refractivity contribution in [2.24, 2.45) is 0 Å². The number of nitrogens with one attached hydrogen (secondary N) is 1. The molecule has 2 rings (SSSR count). The average Bonchev–Trinajstić information content (AvgIpc) is 2.62. The number of benzene rings is 2. The fourth-order valence-corrected chi connectivity index (χ4v) is 2.59. The Morgan fingerprint density at radius 1 is 1.04 bits per heavy atom. The van der Waals surface area contributed by atoms with Gasteiger partial charge in [-0.25, -0.2) is 0 Å². The van der Waals surface area contributed by atoms with E-state index in [2.05, 4.69) is 12.2 Å². The summed E-state index contributed by atoms with van der Waals surface area (Å²) in [6.07, 6.45) is 0.239. The molecule has 0 aliphatic carbocycles. The Bertz CT molecular complexity index is 710. The number of ether oxygens (including phenoxy) is 2. The molecule has 4 nitrogen and oxygen atoms in total. The molecule has 0 heterocycles. The first kappa shape index (κ1) is 18.8. The van der Waals surface area contributed by atoms with Crippen LogP contribution in [0.5, 0.6) is 11.5 Å². The van der Waals surface area contributed by atoms with Gasteiger partial charge >= 0.3 is 0 Å². The van der Waals surface area contributed by atoms with Gasteiger partial charge in [0.1, 0.15) is 11.5 Å². The van der Waals surface area contributed by atoms with Crippen LogP contribution < -0.4 is 14.8 Å². The fourth-order valence-electron chi connectivity index (χ4n) is 2.59. The molecule has 4 heteroatoms. The normalized spacial score (nSPS) is 13.0. The Morgan fingerprint density at radius 3 is 2.24 bits per heavy atom. The predicted octanol–water partition coefficient (Wildman–Crippen LogP) is 4.35. The predicted molar refractivity (Wildman–Crippen MR) is 100 cm³/mol. The molecule has 0 unspecified atom stereocenters. The van der Waals surface area contributed by atoms with Gasteiger partial charge in [0.05, 0.1) is 13.2 Å². The molecule has 0 radical (unpaired) electrons. The molecule has 0 spiro atoms. The lowest BCUT2D eigenvalue weighted by molar-refractivity contribution is -0.128. The standard InChI is InChI=1S/C21H27NO3/c1-6-20(17-8-11-18(24-5)12-9-17)22-21(23)16(4)25-19-10-7-14(2)15(3)13-19/h7-13,16,20H,6H2,1-5H3,(H,22,23)/t16-,20-/m1/s1. The summed E-state index contributed by atoms with van der Waals surface area (Å²) in [6, 6.07) is 13.6. The lowest BCUT2D eigenvalue weighted by Gasteiger charge is -2.21. The number of hydrogen-bond acceptors (Lipinski definition) is 3. The first-order chi connectivity index (χ1) is 11.9. The van der Waals surface area contributed by atoms with Crippen LogP contribution in [0.2, 0.25) is 0 Å². The van der Waals surface area contributed by atoms with Crippen LogP contribution in [-0.4, -0.2) is 19.1 Å². The summed E-state index contributed by atoms with van der Waals surface area (Å²) in [6.45, 7) is 7.90. The zero-order valence-electron chi connectivity index (χ0n) is 15.6. The number of amides is 1. The quantitative estimate of drug-likeness (QED) is 0.814. The molecule has 1 amide bonds. The number of carbonyl (C=O) groups is 1. The van der Waals surface area contributed by atoms with Gasteiger partial charge in [0.25, 0.3) is 5.91 Å². The Hall–Kier alpha value is -2.49. The molecule has 0 bridgehead atoms. The van der Waals surface area contributed by atoms with Crippen LogP contribution in [0.4, 0.5) is 0 Å². The summed E-state index contributed by atoms with van der Waals surface area (Å²) in [5.41, 5.74) is 3.40. The largest absolute Gasteiger partial charge is 0.497 e. The van der Waals surface area contributed by atoms with Crippen molar-refractivity contribution in [1.82, 2.24) is 5.32 Å². The lowest BCUT2D eigenvalue weighted by atomic mass is 10.0. The van der Waals surface area contributed by atoms with Gasteiger partial charge in [-0.05, 0) is 68.1 Å². The van der Waals surface area contributed by atoms with Gasteiger partial charge in [0.2, 0.25) is 0 Å². The molecule has 2 aromatic rings. The van der Waals surface area contributed by atoms with Crippen molar-refractivity contribution in [3.8, 4) is 11.5 Å². The Balaban J connectivity index is 2.01. The third-order valence-electron chi connectivity index (χ3n) is 4.40. The van der Waals surface area contributed by atoms with E-state index >= 15 is 0 Å². The van der Waals surface area contributed by atoms with Crippen molar-refractivity contribution in [2.45, 2.75) is 46.3 Å². The number of hydrogen-bond donors (Lipinski definition) is 1. The SMILES string of the molecule is CC[C@@H](NC(=O)[C@@H](C)Oc1ccc(C)c(C)c1)c1ccc(OC)cc1. The summed E-state index contributed by atoms with van der Waals surface area (Å²) >= 11 is 0. The lowest BCUT2D eigenvalue weighted by Crippen LogP contribution is -2.38. The molecule has 0 fully saturated rings. The zero-order chi connectivity index (χ0) is 18.4. The van der Waals surface area contributed by atoms with Crippen LogP contribution in [0, 0.1) is 13.8 Å². The molecular formula is C21H27NO3. The van der Waals surface area contributed by atoms with Crippen LogP contribution >= 0.6 is 0 Å². The van der Waals surface area contributed by atoms with Crippen molar-refractivity contribution in [3.05, 3.63) is 59.2 Å². The van der Waals surface area contributed by atoms with E-state index < -0.39 is 6.10 Å². The maximum Gasteiger partial charge on any atom is 0.261 e. The van der Waals surface area contributed by atoms with E-state index in [-0.39, 0.29) is 11.9 Å². The summed E-state index contributed by atoms with van der Waals surface area (Å²) in [7, 11) is 1.64. The second-order valence-electron chi connectivity index (χ2n) is 6.25. The monoisotopic (exact) mass is 341 g/mol. The molecule has 0 saturated carbocycles. The number of methoxy groups -OCH3 is 1. The van der Waals surface area contributed by atoms with Gasteiger partial charge in [-0.2, -0.15) is 0 Å². The summed E-state index contributed by atoms with van der Waals surface area (Å²) in [5.74, 6) is 1.39. The maximum absolute atomic E-state index is 12.5. The minimum Gasteiger partial charge on any atom is -0.497 e. The molecule has 1 N–H and O–H groups in total. The third-order valence-corrected chi connectivity index (χ3v) is 4.40. The van der Waals surface area contributed by atoms with Gasteiger partial charge < -0.3 is 14.8 Å². The molecule has 0 aliphatic rings. The highest BCUT2D eigenvalue weighted by Crippen LogP contribution is 2.21. The average molecular weight is 341 g/mol. The Kier molecular flexibility index (Phi) is 6.45.